The standard InChI is InChI=1S/C17H26ClN3OS.HI/c1-3-19-16(20-12-14-6-4-5-7-15(14)18)21-13-17(23-2)8-10-22-11-9-17;/h4-7H,3,8-13H2,1-2H3,(H2,19,20,21);1H. The molecule has 0 saturated carbocycles. The SMILES string of the molecule is CCNC(=NCc1ccccc1Cl)NCC1(SC)CCOCC1.I. The summed E-state index contributed by atoms with van der Waals surface area (Å²) in [4.78, 5) is 4.66. The fourth-order valence-corrected chi connectivity index (χ4v) is 3.56. The van der Waals surface area contributed by atoms with Gasteiger partial charge in [0.1, 0.15) is 0 Å². The number of halogens is 2. The van der Waals surface area contributed by atoms with Crippen LogP contribution < -0.4 is 10.6 Å². The second kappa shape index (κ2) is 11.4. The zero-order valence-electron chi connectivity index (χ0n) is 14.3. The number of benzene rings is 1. The van der Waals surface area contributed by atoms with Gasteiger partial charge in [0.2, 0.25) is 0 Å². The summed E-state index contributed by atoms with van der Waals surface area (Å²) in [6, 6.07) is 7.84. The van der Waals surface area contributed by atoms with Crippen molar-refractivity contribution in [2.24, 2.45) is 4.99 Å². The highest BCUT2D eigenvalue weighted by atomic mass is 127. The van der Waals surface area contributed by atoms with E-state index < -0.39 is 0 Å². The number of nitrogens with one attached hydrogen (secondary N) is 2. The summed E-state index contributed by atoms with van der Waals surface area (Å²) in [5, 5.41) is 7.56. The van der Waals surface area contributed by atoms with Gasteiger partial charge in [0.05, 0.1) is 6.54 Å². The van der Waals surface area contributed by atoms with Crippen molar-refractivity contribution >= 4 is 53.3 Å². The van der Waals surface area contributed by atoms with Gasteiger partial charge in [-0.2, -0.15) is 11.8 Å². The predicted molar refractivity (Wildman–Crippen MR) is 116 cm³/mol. The van der Waals surface area contributed by atoms with Gasteiger partial charge in [0.15, 0.2) is 5.96 Å². The van der Waals surface area contributed by atoms with E-state index in [0.717, 1.165) is 55.7 Å². The van der Waals surface area contributed by atoms with Crippen molar-refractivity contribution in [1.82, 2.24) is 10.6 Å². The van der Waals surface area contributed by atoms with Gasteiger partial charge < -0.3 is 15.4 Å². The first-order valence-corrected chi connectivity index (χ1v) is 9.68. The number of hydrogen-bond acceptors (Lipinski definition) is 3. The Morgan fingerprint density at radius 2 is 2.00 bits per heavy atom. The lowest BCUT2D eigenvalue weighted by Gasteiger charge is -2.36. The quantitative estimate of drug-likeness (QED) is 0.366. The van der Waals surface area contributed by atoms with Crippen molar-refractivity contribution in [2.75, 3.05) is 32.6 Å². The Labute approximate surface area is 171 Å². The van der Waals surface area contributed by atoms with Crippen molar-refractivity contribution in [1.29, 1.82) is 0 Å². The van der Waals surface area contributed by atoms with Crippen LogP contribution >= 0.6 is 47.3 Å². The van der Waals surface area contributed by atoms with Crippen LogP contribution in [0.1, 0.15) is 25.3 Å². The third-order valence-corrected chi connectivity index (χ3v) is 5.91. The van der Waals surface area contributed by atoms with Crippen LogP contribution in [0.4, 0.5) is 0 Å². The minimum absolute atomic E-state index is 0. The topological polar surface area (TPSA) is 45.7 Å². The molecule has 1 aromatic rings. The van der Waals surface area contributed by atoms with Crippen molar-refractivity contribution in [2.45, 2.75) is 31.1 Å². The molecule has 24 heavy (non-hydrogen) atoms. The third kappa shape index (κ3) is 6.61. The van der Waals surface area contributed by atoms with E-state index in [-0.39, 0.29) is 28.7 Å². The summed E-state index contributed by atoms with van der Waals surface area (Å²) in [6.07, 6.45) is 4.33. The Hall–Kier alpha value is -0.180. The molecule has 0 atom stereocenters. The average Bonchev–Trinajstić information content (AvgIpc) is 2.59. The molecular formula is C17H27ClIN3OS. The van der Waals surface area contributed by atoms with Crippen molar-refractivity contribution in [3.63, 3.8) is 0 Å². The molecule has 4 nitrogen and oxygen atoms in total. The van der Waals surface area contributed by atoms with E-state index in [9.17, 15) is 0 Å². The van der Waals surface area contributed by atoms with Gasteiger partial charge in [-0.25, -0.2) is 4.99 Å². The molecule has 1 aliphatic rings. The van der Waals surface area contributed by atoms with E-state index in [2.05, 4.69) is 28.8 Å². The van der Waals surface area contributed by atoms with Gasteiger partial charge in [-0.05, 0) is 37.7 Å². The molecule has 1 saturated heterocycles. The van der Waals surface area contributed by atoms with Crippen LogP contribution in [-0.2, 0) is 11.3 Å². The van der Waals surface area contributed by atoms with E-state index in [1.165, 1.54) is 0 Å². The van der Waals surface area contributed by atoms with Crippen molar-refractivity contribution in [3.8, 4) is 0 Å². The molecule has 0 unspecified atom stereocenters. The second-order valence-corrected chi connectivity index (χ2v) is 7.32. The number of thioether (sulfide) groups is 1. The van der Waals surface area contributed by atoms with Crippen molar-refractivity contribution in [3.05, 3.63) is 34.9 Å². The first-order chi connectivity index (χ1) is 11.2. The first-order valence-electron chi connectivity index (χ1n) is 8.07. The number of hydrogen-bond donors (Lipinski definition) is 2. The number of guanidine groups is 1. The summed E-state index contributed by atoms with van der Waals surface area (Å²) in [5.41, 5.74) is 1.04. The van der Waals surface area contributed by atoms with Gasteiger partial charge in [-0.1, -0.05) is 29.8 Å². The highest BCUT2D eigenvalue weighted by molar-refractivity contribution is 14.0. The molecule has 1 fully saturated rings. The summed E-state index contributed by atoms with van der Waals surface area (Å²) < 4.78 is 5.73. The number of aliphatic imine (C=N–C) groups is 1. The molecular weight excluding hydrogens is 457 g/mol. The van der Waals surface area contributed by atoms with E-state index in [1.54, 1.807) is 0 Å². The first kappa shape index (κ1) is 21.9. The fraction of sp³-hybridized carbons (Fsp3) is 0.588. The zero-order chi connectivity index (χ0) is 16.5. The Kier molecular flexibility index (Phi) is 10.4. The molecule has 1 aromatic carbocycles. The largest absolute Gasteiger partial charge is 0.381 e. The Morgan fingerprint density at radius 3 is 2.62 bits per heavy atom. The molecule has 1 heterocycles. The van der Waals surface area contributed by atoms with Gasteiger partial charge in [0.25, 0.3) is 0 Å². The lowest BCUT2D eigenvalue weighted by atomic mass is 9.99. The monoisotopic (exact) mass is 483 g/mol. The van der Waals surface area contributed by atoms with Gasteiger partial charge in [-0.3, -0.25) is 0 Å². The van der Waals surface area contributed by atoms with Crippen molar-refractivity contribution < 1.29 is 4.74 Å². The summed E-state index contributed by atoms with van der Waals surface area (Å²) in [7, 11) is 0. The Morgan fingerprint density at radius 1 is 1.29 bits per heavy atom. The van der Waals surface area contributed by atoms with Crippen LogP contribution in [0.2, 0.25) is 5.02 Å². The second-order valence-electron chi connectivity index (χ2n) is 5.64. The summed E-state index contributed by atoms with van der Waals surface area (Å²) in [5.74, 6) is 0.840. The smallest absolute Gasteiger partial charge is 0.191 e. The van der Waals surface area contributed by atoms with E-state index in [4.69, 9.17) is 16.3 Å². The zero-order valence-corrected chi connectivity index (χ0v) is 18.2. The van der Waals surface area contributed by atoms with Crippen LogP contribution in [0.25, 0.3) is 0 Å². The fourth-order valence-electron chi connectivity index (χ4n) is 2.57. The molecule has 0 aromatic heterocycles. The maximum absolute atomic E-state index is 6.20. The highest BCUT2D eigenvalue weighted by Gasteiger charge is 2.31. The van der Waals surface area contributed by atoms with Crippen LogP contribution in [0.15, 0.2) is 29.3 Å². The van der Waals surface area contributed by atoms with E-state index in [0.29, 0.717) is 6.54 Å². The molecule has 0 bridgehead atoms. The lowest BCUT2D eigenvalue weighted by Crippen LogP contribution is -2.47. The minimum Gasteiger partial charge on any atom is -0.381 e. The molecule has 1 aliphatic heterocycles. The Balaban J connectivity index is 0.00000288. The average molecular weight is 484 g/mol. The Bertz CT molecular complexity index is 524. The molecule has 2 rings (SSSR count). The summed E-state index contributed by atoms with van der Waals surface area (Å²) >= 11 is 8.12. The van der Waals surface area contributed by atoms with Crippen LogP contribution in [0.3, 0.4) is 0 Å². The predicted octanol–water partition coefficient (Wildman–Crippen LogP) is 3.93. The number of nitrogens with zero attached hydrogens (tertiary/aromatic N) is 1. The van der Waals surface area contributed by atoms with E-state index >= 15 is 0 Å². The maximum atomic E-state index is 6.20. The molecule has 136 valence electrons. The molecule has 7 heteroatoms. The van der Waals surface area contributed by atoms with Gasteiger partial charge in [-0.15, -0.1) is 24.0 Å². The molecule has 0 amide bonds. The lowest BCUT2D eigenvalue weighted by molar-refractivity contribution is 0.0783. The van der Waals surface area contributed by atoms with Crippen LogP contribution in [-0.4, -0.2) is 43.3 Å². The molecule has 2 N–H and O–H groups in total. The molecule has 0 radical (unpaired) electrons. The highest BCUT2D eigenvalue weighted by Crippen LogP contribution is 2.32. The maximum Gasteiger partial charge on any atom is 0.191 e. The third-order valence-electron chi connectivity index (χ3n) is 4.12. The summed E-state index contributed by atoms with van der Waals surface area (Å²) in [6.45, 7) is 6.07. The minimum atomic E-state index is 0. The van der Waals surface area contributed by atoms with Crippen LogP contribution in [0, 0.1) is 0 Å². The normalized spacial score (nSPS) is 17.0. The van der Waals surface area contributed by atoms with Crippen LogP contribution in [0.5, 0.6) is 0 Å². The van der Waals surface area contributed by atoms with Gasteiger partial charge >= 0.3 is 0 Å². The molecule has 0 aliphatic carbocycles. The molecule has 0 spiro atoms. The van der Waals surface area contributed by atoms with Gasteiger partial charge in [0, 0.05) is 36.1 Å². The van der Waals surface area contributed by atoms with E-state index in [1.807, 2.05) is 36.0 Å². The number of rotatable bonds is 6. The number of ether oxygens (including phenoxy) is 1.